The van der Waals surface area contributed by atoms with Gasteiger partial charge in [-0.05, 0) is 42.3 Å². The van der Waals surface area contributed by atoms with Gasteiger partial charge in [-0.25, -0.2) is 4.79 Å². The summed E-state index contributed by atoms with van der Waals surface area (Å²) in [5.74, 6) is 0.858. The van der Waals surface area contributed by atoms with E-state index in [2.05, 4.69) is 15.6 Å². The van der Waals surface area contributed by atoms with Crippen molar-refractivity contribution in [1.29, 1.82) is 0 Å². The molecule has 0 unspecified atom stereocenters. The maximum atomic E-state index is 12.3. The number of methoxy groups -OCH3 is 1. The first-order valence-electron chi connectivity index (χ1n) is 9.27. The number of rotatable bonds is 7. The zero-order chi connectivity index (χ0) is 22.4. The number of anilines is 1. The number of urea groups is 1. The fourth-order valence-electron chi connectivity index (χ4n) is 2.70. The zero-order valence-corrected chi connectivity index (χ0v) is 17.7. The molecule has 0 saturated carbocycles. The zero-order valence-electron chi connectivity index (χ0n) is 16.9. The van der Waals surface area contributed by atoms with Crippen molar-refractivity contribution < 1.29 is 19.1 Å². The minimum atomic E-state index is -0.628. The van der Waals surface area contributed by atoms with E-state index in [4.69, 9.17) is 26.8 Å². The van der Waals surface area contributed by atoms with E-state index in [-0.39, 0.29) is 11.7 Å². The van der Waals surface area contributed by atoms with Gasteiger partial charge in [0, 0.05) is 29.9 Å². The summed E-state index contributed by atoms with van der Waals surface area (Å²) in [5, 5.41) is 6.10. The minimum absolute atomic E-state index is 0.122. The molecule has 31 heavy (non-hydrogen) atoms. The third kappa shape index (κ3) is 5.86. The van der Waals surface area contributed by atoms with Crippen molar-refractivity contribution in [3.63, 3.8) is 0 Å². The van der Waals surface area contributed by atoms with Crippen molar-refractivity contribution in [2.45, 2.75) is 13.5 Å². The Morgan fingerprint density at radius 2 is 1.84 bits per heavy atom. The Labute approximate surface area is 184 Å². The second-order valence-electron chi connectivity index (χ2n) is 6.60. The van der Waals surface area contributed by atoms with Gasteiger partial charge in [0.15, 0.2) is 0 Å². The van der Waals surface area contributed by atoms with E-state index >= 15 is 0 Å². The van der Waals surface area contributed by atoms with Crippen LogP contribution in [0.1, 0.15) is 21.6 Å². The standard InChI is InChI=1S/C22H21ClN4O4/c1-13-9-18(20(30-2)11-17(13)23)27-22(29)26-12-14-3-5-15(6-4-14)31-16-7-8-25-19(10-16)21(24)28/h3-11H,12H2,1-2H3,(H2,24,28)(H2,26,27,29). The Morgan fingerprint density at radius 1 is 1.10 bits per heavy atom. The summed E-state index contributed by atoms with van der Waals surface area (Å²) < 4.78 is 11.0. The molecule has 0 spiro atoms. The molecule has 0 aliphatic carbocycles. The van der Waals surface area contributed by atoms with Crippen LogP contribution < -0.4 is 25.8 Å². The second kappa shape index (κ2) is 9.82. The van der Waals surface area contributed by atoms with Crippen LogP contribution in [0.4, 0.5) is 10.5 Å². The van der Waals surface area contributed by atoms with Crippen LogP contribution in [0.3, 0.4) is 0 Å². The van der Waals surface area contributed by atoms with Crippen molar-refractivity contribution in [3.8, 4) is 17.2 Å². The van der Waals surface area contributed by atoms with E-state index in [0.29, 0.717) is 34.5 Å². The summed E-state index contributed by atoms with van der Waals surface area (Å²) in [7, 11) is 1.51. The van der Waals surface area contributed by atoms with E-state index < -0.39 is 5.91 Å². The number of benzene rings is 2. The molecule has 8 nitrogen and oxygen atoms in total. The summed E-state index contributed by atoms with van der Waals surface area (Å²) in [5.41, 5.74) is 7.57. The number of hydrogen-bond acceptors (Lipinski definition) is 5. The molecule has 3 amide bonds. The van der Waals surface area contributed by atoms with Crippen molar-refractivity contribution in [2.24, 2.45) is 5.73 Å². The average molecular weight is 441 g/mol. The number of carbonyl (C=O) groups excluding carboxylic acids is 2. The molecule has 1 heterocycles. The number of nitrogens with zero attached hydrogens (tertiary/aromatic N) is 1. The normalized spacial score (nSPS) is 10.3. The Kier molecular flexibility index (Phi) is 6.94. The Bertz CT molecular complexity index is 1100. The van der Waals surface area contributed by atoms with Crippen LogP contribution in [0.2, 0.25) is 5.02 Å². The SMILES string of the molecule is COc1cc(Cl)c(C)cc1NC(=O)NCc1ccc(Oc2ccnc(C(N)=O)c2)cc1. The lowest BCUT2D eigenvalue weighted by atomic mass is 10.2. The van der Waals surface area contributed by atoms with E-state index in [1.54, 1.807) is 30.3 Å². The monoisotopic (exact) mass is 440 g/mol. The average Bonchev–Trinajstić information content (AvgIpc) is 2.76. The summed E-state index contributed by atoms with van der Waals surface area (Å²) >= 11 is 6.09. The van der Waals surface area contributed by atoms with E-state index in [1.165, 1.54) is 19.4 Å². The molecule has 160 valence electrons. The van der Waals surface area contributed by atoms with Crippen LogP contribution in [0.15, 0.2) is 54.7 Å². The van der Waals surface area contributed by atoms with Gasteiger partial charge in [-0.15, -0.1) is 0 Å². The molecule has 1 aromatic heterocycles. The molecule has 3 rings (SSSR count). The molecule has 9 heteroatoms. The van der Waals surface area contributed by atoms with Gasteiger partial charge in [0.05, 0.1) is 12.8 Å². The Balaban J connectivity index is 1.57. The second-order valence-corrected chi connectivity index (χ2v) is 7.00. The molecule has 0 aliphatic heterocycles. The molecule has 0 bridgehead atoms. The first-order valence-corrected chi connectivity index (χ1v) is 9.65. The highest BCUT2D eigenvalue weighted by Crippen LogP contribution is 2.30. The van der Waals surface area contributed by atoms with Gasteiger partial charge in [-0.1, -0.05) is 23.7 Å². The summed E-state index contributed by atoms with van der Waals surface area (Å²) in [4.78, 5) is 27.3. The first-order chi connectivity index (χ1) is 14.9. The number of hydrogen-bond donors (Lipinski definition) is 3. The van der Waals surface area contributed by atoms with E-state index in [0.717, 1.165) is 11.1 Å². The smallest absolute Gasteiger partial charge is 0.319 e. The molecule has 0 atom stereocenters. The lowest BCUT2D eigenvalue weighted by Crippen LogP contribution is -2.28. The van der Waals surface area contributed by atoms with Gasteiger partial charge >= 0.3 is 6.03 Å². The number of ether oxygens (including phenoxy) is 2. The minimum Gasteiger partial charge on any atom is -0.495 e. The Hall–Kier alpha value is -3.78. The predicted molar refractivity (Wildman–Crippen MR) is 118 cm³/mol. The molecular weight excluding hydrogens is 420 g/mol. The third-order valence-corrected chi connectivity index (χ3v) is 4.73. The number of nitrogens with two attached hydrogens (primary N) is 1. The molecule has 0 fully saturated rings. The van der Waals surface area contributed by atoms with Crippen LogP contribution in [0.5, 0.6) is 17.2 Å². The van der Waals surface area contributed by atoms with Crippen LogP contribution in [0.25, 0.3) is 0 Å². The van der Waals surface area contributed by atoms with Crippen LogP contribution in [-0.2, 0) is 6.54 Å². The highest BCUT2D eigenvalue weighted by atomic mass is 35.5. The van der Waals surface area contributed by atoms with Crippen LogP contribution in [-0.4, -0.2) is 24.0 Å². The van der Waals surface area contributed by atoms with Gasteiger partial charge in [0.1, 0.15) is 22.9 Å². The van der Waals surface area contributed by atoms with Gasteiger partial charge in [-0.2, -0.15) is 0 Å². The van der Waals surface area contributed by atoms with Crippen molar-refractivity contribution in [2.75, 3.05) is 12.4 Å². The van der Waals surface area contributed by atoms with E-state index in [1.807, 2.05) is 19.1 Å². The number of aryl methyl sites for hydroxylation is 1. The number of nitrogens with one attached hydrogen (secondary N) is 2. The number of carbonyl (C=O) groups is 2. The highest BCUT2D eigenvalue weighted by Gasteiger charge is 2.10. The molecule has 0 aliphatic rings. The molecule has 0 saturated heterocycles. The summed E-state index contributed by atoms with van der Waals surface area (Å²) in [6, 6.07) is 13.3. The van der Waals surface area contributed by atoms with E-state index in [9.17, 15) is 9.59 Å². The van der Waals surface area contributed by atoms with Crippen LogP contribution >= 0.6 is 11.6 Å². The maximum Gasteiger partial charge on any atom is 0.319 e. The highest BCUT2D eigenvalue weighted by molar-refractivity contribution is 6.31. The fourth-order valence-corrected chi connectivity index (χ4v) is 2.85. The lowest BCUT2D eigenvalue weighted by molar-refractivity contribution is 0.0995. The largest absolute Gasteiger partial charge is 0.495 e. The summed E-state index contributed by atoms with van der Waals surface area (Å²) in [6.45, 7) is 2.15. The van der Waals surface area contributed by atoms with Crippen LogP contribution in [0, 0.1) is 6.92 Å². The fraction of sp³-hybridized carbons (Fsp3) is 0.136. The number of halogens is 1. The maximum absolute atomic E-state index is 12.3. The van der Waals surface area contributed by atoms with Gasteiger partial charge in [0.2, 0.25) is 0 Å². The first kappa shape index (κ1) is 21.9. The number of pyridine rings is 1. The predicted octanol–water partition coefficient (Wildman–Crippen LogP) is 4.26. The molecule has 0 radical (unpaired) electrons. The molecular formula is C22H21ClN4O4. The quantitative estimate of drug-likeness (QED) is 0.507. The van der Waals surface area contributed by atoms with Gasteiger partial charge in [-0.3, -0.25) is 9.78 Å². The topological polar surface area (TPSA) is 116 Å². The molecule has 4 N–H and O–H groups in total. The number of aromatic nitrogens is 1. The van der Waals surface area contributed by atoms with Gasteiger partial charge < -0.3 is 25.8 Å². The number of primary amides is 1. The molecule has 3 aromatic rings. The van der Waals surface area contributed by atoms with Crippen molar-refractivity contribution in [1.82, 2.24) is 10.3 Å². The molecule has 2 aromatic carbocycles. The van der Waals surface area contributed by atoms with Gasteiger partial charge in [0.25, 0.3) is 5.91 Å². The third-order valence-electron chi connectivity index (χ3n) is 4.32. The number of amides is 3. The van der Waals surface area contributed by atoms with Crippen molar-refractivity contribution in [3.05, 3.63) is 76.6 Å². The summed E-state index contributed by atoms with van der Waals surface area (Å²) in [6.07, 6.45) is 1.45. The van der Waals surface area contributed by atoms with Crippen molar-refractivity contribution >= 4 is 29.2 Å². The Morgan fingerprint density at radius 3 is 2.52 bits per heavy atom. The lowest BCUT2D eigenvalue weighted by Gasteiger charge is -2.13.